The first-order valence-corrected chi connectivity index (χ1v) is 39.6. The molecular weight excluding hydrogens is 1360 g/mol. The van der Waals surface area contributed by atoms with E-state index in [0.29, 0.717) is 0 Å². The number of aryl methyl sites for hydroxylation is 5. The number of fused-ring (bicyclic) bond motifs is 26. The van der Waals surface area contributed by atoms with E-state index in [1.54, 1.807) is 0 Å². The predicted octanol–water partition coefficient (Wildman–Crippen LogP) is 31.1. The van der Waals surface area contributed by atoms with E-state index in [-0.39, 0.29) is 0 Å². The van der Waals surface area contributed by atoms with Gasteiger partial charge in [-0.3, -0.25) is 0 Å². The molecule has 0 unspecified atom stereocenters. The van der Waals surface area contributed by atoms with Crippen molar-refractivity contribution in [3.63, 3.8) is 0 Å². The third-order valence-corrected chi connectivity index (χ3v) is 25.8. The summed E-state index contributed by atoms with van der Waals surface area (Å²) in [5.74, 6) is 0. The van der Waals surface area contributed by atoms with E-state index in [4.69, 9.17) is 0 Å². The van der Waals surface area contributed by atoms with Gasteiger partial charge in [-0.05, 0) is 206 Å². The molecule has 0 N–H and O–H groups in total. The average Bonchev–Trinajstić information content (AvgIpc) is 1.55. The summed E-state index contributed by atoms with van der Waals surface area (Å²) in [7, 11) is 0. The van der Waals surface area contributed by atoms with Crippen molar-refractivity contribution < 1.29 is 0 Å². The normalized spacial score (nSPS) is 11.6. The molecule has 504 valence electrons. The van der Waals surface area contributed by atoms with Crippen LogP contribution in [0.3, 0.4) is 0 Å². The quantitative estimate of drug-likeness (QED) is 0.163. The second kappa shape index (κ2) is 27.0. The van der Waals surface area contributed by atoms with Crippen LogP contribution in [0.15, 0.2) is 340 Å². The van der Waals surface area contributed by atoms with Crippen molar-refractivity contribution in [3.8, 4) is 16.8 Å². The van der Waals surface area contributed by atoms with Gasteiger partial charge in [-0.2, -0.15) is 0 Å². The molecule has 0 radical (unpaired) electrons. The minimum atomic E-state index is 1.19. The molecule has 0 aliphatic carbocycles. The first-order chi connectivity index (χ1) is 52.1. The number of para-hydroxylation sites is 1. The molecule has 0 fully saturated rings. The van der Waals surface area contributed by atoms with Crippen molar-refractivity contribution in [2.24, 2.45) is 0 Å². The average molecular weight is 1430 g/mol. The summed E-state index contributed by atoms with van der Waals surface area (Å²) in [6.07, 6.45) is 0. The van der Waals surface area contributed by atoms with E-state index in [2.05, 4.69) is 379 Å². The summed E-state index contributed by atoms with van der Waals surface area (Å²) >= 11 is 7.58. The van der Waals surface area contributed by atoms with Crippen LogP contribution in [-0.2, 0) is 0 Å². The van der Waals surface area contributed by atoms with Gasteiger partial charge in [0.2, 0.25) is 0 Å². The van der Waals surface area contributed by atoms with Crippen LogP contribution >= 0.6 is 45.3 Å². The topological polar surface area (TPSA) is 4.93 Å². The number of aromatic nitrogens is 1. The Kier molecular flexibility index (Phi) is 16.6. The van der Waals surface area contributed by atoms with Crippen LogP contribution in [0.5, 0.6) is 0 Å². The zero-order valence-corrected chi connectivity index (χ0v) is 62.7. The van der Waals surface area contributed by atoms with Gasteiger partial charge in [-0.1, -0.05) is 267 Å². The fraction of sp³-hybridized carbons (Fsp3) is 0.0495. The molecule has 23 rings (SSSR count). The second-order valence-corrected chi connectivity index (χ2v) is 32.4. The fourth-order valence-electron chi connectivity index (χ4n) is 16.2. The molecule has 1 nitrogen and oxygen atoms in total. The van der Waals surface area contributed by atoms with E-state index in [1.165, 1.54) is 212 Å². The van der Waals surface area contributed by atoms with Crippen molar-refractivity contribution in [3.05, 3.63) is 368 Å². The SMILES string of the molecule is Cc1cc2c3c4ccccc4c(-c4ccccc4)cc3n(-c3ccccc3)c2c2ccccc12.Cc1cc2sc3ccccc3c2c2ccccc12.Cc1ccc2c(c1)sc1c3ccccc3ccc21.Cc1ccc2c(c1)sc1cc3ccccc3cc12.Cc1ccc2c(c1)sc1ccc3ccccc3c12. The van der Waals surface area contributed by atoms with Gasteiger partial charge in [0.15, 0.2) is 0 Å². The number of hydrogen-bond donors (Lipinski definition) is 0. The number of hydrogen-bond acceptors (Lipinski definition) is 4. The monoisotopic (exact) mass is 1430 g/mol. The smallest absolute Gasteiger partial charge is 0.0619 e. The van der Waals surface area contributed by atoms with E-state index < -0.39 is 0 Å². The minimum Gasteiger partial charge on any atom is -0.309 e. The standard InChI is InChI=1S/C33H23N.4C17H12S/c1-22-20-30-32-27-18-10-9-17-26(27)29(23-12-4-2-5-13-23)21-31(32)34(24-14-6-3-7-15-24)33(30)28-19-11-8-16-25(22)28;1-11-10-16-17(13-7-3-2-6-12(11)13)14-8-4-5-9-15(14)18-16;1-11-6-8-14-16(10-11)18-15-9-7-12-4-2-3-5-13(12)17(14)15;1-11-6-8-14-15-9-7-12-4-2-3-5-13(12)17(15)18-16(14)10-11;1-11-6-7-14-15-9-12-4-2-3-5-13(12)10-17(15)18-16(14)8-11/h2-21H,1H3;4*2-10H,1H3. The van der Waals surface area contributed by atoms with Crippen LogP contribution < -0.4 is 0 Å². The molecule has 0 saturated heterocycles. The molecule has 0 amide bonds. The zero-order valence-electron chi connectivity index (χ0n) is 59.4. The lowest BCUT2D eigenvalue weighted by Crippen LogP contribution is -1.95. The predicted molar refractivity (Wildman–Crippen MR) is 472 cm³/mol. The van der Waals surface area contributed by atoms with E-state index in [1.807, 2.05) is 45.3 Å². The van der Waals surface area contributed by atoms with E-state index >= 15 is 0 Å². The molecule has 0 aliphatic rings. The largest absolute Gasteiger partial charge is 0.309 e. The molecule has 23 aromatic rings. The molecule has 0 spiro atoms. The maximum atomic E-state index is 2.46. The highest BCUT2D eigenvalue weighted by Crippen LogP contribution is 2.47. The van der Waals surface area contributed by atoms with Crippen molar-refractivity contribution in [2.45, 2.75) is 34.6 Å². The first-order valence-electron chi connectivity index (χ1n) is 36.3. The number of benzene rings is 18. The molecule has 18 aromatic carbocycles. The highest BCUT2D eigenvalue weighted by Gasteiger charge is 2.21. The summed E-state index contributed by atoms with van der Waals surface area (Å²) in [5, 5.41) is 29.7. The van der Waals surface area contributed by atoms with Crippen molar-refractivity contribution >= 4 is 212 Å². The fourth-order valence-corrected chi connectivity index (χ4v) is 21.2. The lowest BCUT2D eigenvalue weighted by Gasteiger charge is -2.12. The molecule has 0 aliphatic heterocycles. The van der Waals surface area contributed by atoms with Crippen molar-refractivity contribution in [1.29, 1.82) is 0 Å². The molecular formula is C101H71NS4. The molecule has 0 atom stereocenters. The highest BCUT2D eigenvalue weighted by atomic mass is 32.1. The third-order valence-electron chi connectivity index (χ3n) is 21.2. The van der Waals surface area contributed by atoms with Gasteiger partial charge in [0, 0.05) is 103 Å². The second-order valence-electron chi connectivity index (χ2n) is 28.1. The van der Waals surface area contributed by atoms with Crippen LogP contribution in [-0.4, -0.2) is 4.57 Å². The van der Waals surface area contributed by atoms with Crippen LogP contribution in [0.4, 0.5) is 0 Å². The Labute approximate surface area is 631 Å². The maximum Gasteiger partial charge on any atom is 0.0619 e. The lowest BCUT2D eigenvalue weighted by atomic mass is 9.94. The summed E-state index contributed by atoms with van der Waals surface area (Å²) < 4.78 is 13.6. The molecule has 5 heterocycles. The van der Waals surface area contributed by atoms with Crippen molar-refractivity contribution in [1.82, 2.24) is 4.57 Å². The van der Waals surface area contributed by atoms with Gasteiger partial charge >= 0.3 is 0 Å². The summed E-state index contributed by atoms with van der Waals surface area (Å²) in [6.45, 7) is 10.9. The van der Waals surface area contributed by atoms with Crippen molar-refractivity contribution in [2.75, 3.05) is 0 Å². The summed E-state index contributed by atoms with van der Waals surface area (Å²) in [4.78, 5) is 0. The lowest BCUT2D eigenvalue weighted by molar-refractivity contribution is 1.19. The molecule has 0 saturated carbocycles. The van der Waals surface area contributed by atoms with Crippen LogP contribution in [0.1, 0.15) is 27.8 Å². The highest BCUT2D eigenvalue weighted by molar-refractivity contribution is 7.27. The minimum absolute atomic E-state index is 1.19. The molecule has 5 aromatic heterocycles. The Balaban J connectivity index is 0.0000000936. The first kappa shape index (κ1) is 65.0. The third kappa shape index (κ3) is 11.5. The van der Waals surface area contributed by atoms with E-state index in [0.717, 1.165) is 0 Å². The molecule has 0 bridgehead atoms. The number of rotatable bonds is 2. The Hall–Kier alpha value is -11.8. The van der Waals surface area contributed by atoms with Gasteiger partial charge in [0.1, 0.15) is 0 Å². The Morgan fingerprint density at radius 2 is 0.660 bits per heavy atom. The van der Waals surface area contributed by atoms with E-state index in [9.17, 15) is 0 Å². The Bertz CT molecular complexity index is 7350. The number of nitrogens with zero attached hydrogens (tertiary/aromatic N) is 1. The van der Waals surface area contributed by atoms with Gasteiger partial charge < -0.3 is 4.57 Å². The van der Waals surface area contributed by atoms with Gasteiger partial charge in [-0.25, -0.2) is 0 Å². The Morgan fingerprint density at radius 1 is 0.217 bits per heavy atom. The Morgan fingerprint density at radius 3 is 1.36 bits per heavy atom. The molecule has 106 heavy (non-hydrogen) atoms. The zero-order chi connectivity index (χ0) is 71.1. The van der Waals surface area contributed by atoms with Crippen LogP contribution in [0.2, 0.25) is 0 Å². The van der Waals surface area contributed by atoms with Crippen LogP contribution in [0.25, 0.3) is 184 Å². The maximum absolute atomic E-state index is 2.46. The van der Waals surface area contributed by atoms with Gasteiger partial charge in [0.25, 0.3) is 0 Å². The van der Waals surface area contributed by atoms with Gasteiger partial charge in [-0.15, -0.1) is 45.3 Å². The number of thiophene rings is 4. The molecule has 5 heteroatoms. The summed E-state index contributed by atoms with van der Waals surface area (Å²) in [6, 6.07) is 123. The van der Waals surface area contributed by atoms with Crippen LogP contribution in [0, 0.1) is 34.6 Å². The van der Waals surface area contributed by atoms with Gasteiger partial charge in [0.05, 0.1) is 11.0 Å². The summed E-state index contributed by atoms with van der Waals surface area (Å²) in [5.41, 5.74) is 12.9.